The van der Waals surface area contributed by atoms with Gasteiger partial charge in [-0.15, -0.1) is 0 Å². The van der Waals surface area contributed by atoms with E-state index in [0.717, 1.165) is 24.8 Å². The van der Waals surface area contributed by atoms with Crippen LogP contribution in [0.1, 0.15) is 42.2 Å². The molecule has 1 aliphatic rings. The van der Waals surface area contributed by atoms with Crippen molar-refractivity contribution in [3.05, 3.63) is 51.9 Å². The van der Waals surface area contributed by atoms with Crippen molar-refractivity contribution in [3.8, 4) is 11.4 Å². The molecule has 1 aromatic heterocycles. The number of rotatable bonds is 3. The quantitative estimate of drug-likeness (QED) is 0.861. The van der Waals surface area contributed by atoms with E-state index < -0.39 is 0 Å². The first kappa shape index (κ1) is 17.2. The molecule has 0 spiro atoms. The third-order valence-electron chi connectivity index (χ3n) is 4.66. The Balaban J connectivity index is 2.06. The molecule has 1 unspecified atom stereocenters. The van der Waals surface area contributed by atoms with E-state index in [1.807, 2.05) is 43.0 Å². The van der Waals surface area contributed by atoms with Crippen LogP contribution in [0, 0.1) is 6.92 Å². The van der Waals surface area contributed by atoms with Crippen LogP contribution >= 0.6 is 0 Å². The Morgan fingerprint density at radius 2 is 1.96 bits per heavy atom. The van der Waals surface area contributed by atoms with Crippen LogP contribution in [0.15, 0.2) is 35.1 Å². The molecule has 1 fully saturated rings. The summed E-state index contributed by atoms with van der Waals surface area (Å²) in [4.78, 5) is 27.2. The monoisotopic (exact) mass is 341 g/mol. The molecule has 6 nitrogen and oxygen atoms in total. The summed E-state index contributed by atoms with van der Waals surface area (Å²) in [5, 5.41) is 4.34. The molecule has 1 amide bonds. The fourth-order valence-electron chi connectivity index (χ4n) is 3.15. The summed E-state index contributed by atoms with van der Waals surface area (Å²) in [6.07, 6.45) is 3.08. The number of likely N-dealkylation sites (tertiary alicyclic amines) is 1. The smallest absolute Gasteiger partial charge is 0.278 e. The van der Waals surface area contributed by atoms with Crippen molar-refractivity contribution in [2.24, 2.45) is 0 Å². The standard InChI is InChI=1S/C19H23N3O3/c1-13-7-9-15(10-8-13)22-17(23)12-16(25-3)18(20-22)19(24)21-11-5-4-6-14(21)2/h7-10,12,14H,4-6,11H2,1-3H3. The van der Waals surface area contributed by atoms with E-state index in [9.17, 15) is 9.59 Å². The highest BCUT2D eigenvalue weighted by Crippen LogP contribution is 2.22. The Bertz CT molecular complexity index is 827. The highest BCUT2D eigenvalue weighted by Gasteiger charge is 2.28. The van der Waals surface area contributed by atoms with Gasteiger partial charge in [-0.1, -0.05) is 17.7 Å². The van der Waals surface area contributed by atoms with Crippen LogP contribution in [-0.4, -0.2) is 40.3 Å². The third-order valence-corrected chi connectivity index (χ3v) is 4.66. The molecule has 0 bridgehead atoms. The summed E-state index contributed by atoms with van der Waals surface area (Å²) >= 11 is 0. The average molecular weight is 341 g/mol. The number of benzene rings is 1. The molecular weight excluding hydrogens is 318 g/mol. The molecule has 1 aliphatic heterocycles. The van der Waals surface area contributed by atoms with Crippen molar-refractivity contribution in [3.63, 3.8) is 0 Å². The summed E-state index contributed by atoms with van der Waals surface area (Å²) in [6, 6.07) is 8.92. The summed E-state index contributed by atoms with van der Waals surface area (Å²) in [5.41, 5.74) is 1.56. The van der Waals surface area contributed by atoms with Crippen molar-refractivity contribution in [2.45, 2.75) is 39.2 Å². The van der Waals surface area contributed by atoms with Gasteiger partial charge in [0.25, 0.3) is 11.5 Å². The summed E-state index contributed by atoms with van der Waals surface area (Å²) < 4.78 is 6.51. The van der Waals surface area contributed by atoms with E-state index in [0.29, 0.717) is 12.2 Å². The highest BCUT2D eigenvalue weighted by molar-refractivity contribution is 5.95. The molecule has 2 aromatic rings. The minimum absolute atomic E-state index is 0.160. The molecule has 6 heteroatoms. The summed E-state index contributed by atoms with van der Waals surface area (Å²) in [5.74, 6) is 0.0287. The predicted molar refractivity (Wildman–Crippen MR) is 95.5 cm³/mol. The van der Waals surface area contributed by atoms with Crippen molar-refractivity contribution in [1.29, 1.82) is 0 Å². The number of aryl methyl sites for hydroxylation is 1. The molecule has 1 aromatic carbocycles. The van der Waals surface area contributed by atoms with E-state index in [1.54, 1.807) is 0 Å². The Labute approximate surface area is 147 Å². The van der Waals surface area contributed by atoms with Crippen molar-refractivity contribution >= 4 is 5.91 Å². The van der Waals surface area contributed by atoms with Gasteiger partial charge in [0.1, 0.15) is 0 Å². The molecule has 0 N–H and O–H groups in total. The lowest BCUT2D eigenvalue weighted by atomic mass is 10.0. The van der Waals surface area contributed by atoms with Crippen molar-refractivity contribution < 1.29 is 9.53 Å². The second-order valence-corrected chi connectivity index (χ2v) is 6.49. The number of methoxy groups -OCH3 is 1. The zero-order valence-electron chi connectivity index (χ0n) is 14.9. The number of hydrogen-bond donors (Lipinski definition) is 0. The highest BCUT2D eigenvalue weighted by atomic mass is 16.5. The van der Waals surface area contributed by atoms with Gasteiger partial charge in [0, 0.05) is 12.6 Å². The number of carbonyl (C=O) groups is 1. The minimum Gasteiger partial charge on any atom is -0.494 e. The fourth-order valence-corrected chi connectivity index (χ4v) is 3.15. The van der Waals surface area contributed by atoms with E-state index in [1.165, 1.54) is 17.9 Å². The first-order valence-electron chi connectivity index (χ1n) is 8.57. The molecule has 1 atom stereocenters. The normalized spacial score (nSPS) is 17.4. The Kier molecular flexibility index (Phi) is 4.88. The predicted octanol–water partition coefficient (Wildman–Crippen LogP) is 2.56. The number of ether oxygens (including phenoxy) is 1. The van der Waals surface area contributed by atoms with Gasteiger partial charge in [-0.3, -0.25) is 9.59 Å². The molecule has 1 saturated heterocycles. The van der Waals surface area contributed by atoms with E-state index >= 15 is 0 Å². The minimum atomic E-state index is -0.330. The van der Waals surface area contributed by atoms with Crippen LogP contribution in [-0.2, 0) is 0 Å². The Morgan fingerprint density at radius 1 is 1.24 bits per heavy atom. The zero-order valence-corrected chi connectivity index (χ0v) is 14.9. The van der Waals surface area contributed by atoms with E-state index in [2.05, 4.69) is 5.10 Å². The van der Waals surface area contributed by atoms with E-state index in [-0.39, 0.29) is 29.0 Å². The molecule has 3 rings (SSSR count). The van der Waals surface area contributed by atoms with Gasteiger partial charge in [0.2, 0.25) is 0 Å². The van der Waals surface area contributed by atoms with E-state index in [4.69, 9.17) is 4.74 Å². The molecule has 0 saturated carbocycles. The Morgan fingerprint density at radius 3 is 2.60 bits per heavy atom. The zero-order chi connectivity index (χ0) is 18.0. The SMILES string of the molecule is COc1cc(=O)n(-c2ccc(C)cc2)nc1C(=O)N1CCCCC1C. The van der Waals surface area contributed by atoms with Crippen LogP contribution in [0.4, 0.5) is 0 Å². The topological polar surface area (TPSA) is 64.4 Å². The van der Waals surface area contributed by atoms with Gasteiger partial charge in [0.15, 0.2) is 11.4 Å². The fraction of sp³-hybridized carbons (Fsp3) is 0.421. The molecule has 0 radical (unpaired) electrons. The maximum atomic E-state index is 13.0. The lowest BCUT2D eigenvalue weighted by Gasteiger charge is -2.33. The van der Waals surface area contributed by atoms with Crippen LogP contribution in [0.25, 0.3) is 5.69 Å². The van der Waals surface area contributed by atoms with Gasteiger partial charge >= 0.3 is 0 Å². The van der Waals surface area contributed by atoms with Gasteiger partial charge in [-0.25, -0.2) is 0 Å². The van der Waals surface area contributed by atoms with Gasteiger partial charge < -0.3 is 9.64 Å². The van der Waals surface area contributed by atoms with Gasteiger partial charge in [-0.05, 0) is 45.2 Å². The number of aromatic nitrogens is 2. The number of hydrogen-bond acceptors (Lipinski definition) is 4. The lowest BCUT2D eigenvalue weighted by Crippen LogP contribution is -2.43. The Hall–Kier alpha value is -2.63. The van der Waals surface area contributed by atoms with Crippen LogP contribution in [0.2, 0.25) is 0 Å². The van der Waals surface area contributed by atoms with Crippen LogP contribution in [0.3, 0.4) is 0 Å². The first-order chi connectivity index (χ1) is 12.0. The number of nitrogens with zero attached hydrogens (tertiary/aromatic N) is 3. The summed E-state index contributed by atoms with van der Waals surface area (Å²) in [6.45, 7) is 4.72. The third kappa shape index (κ3) is 3.43. The largest absolute Gasteiger partial charge is 0.494 e. The molecule has 0 aliphatic carbocycles. The average Bonchev–Trinajstić information content (AvgIpc) is 2.62. The maximum absolute atomic E-state index is 13.0. The summed E-state index contributed by atoms with van der Waals surface area (Å²) in [7, 11) is 1.45. The van der Waals surface area contributed by atoms with Crippen molar-refractivity contribution in [2.75, 3.05) is 13.7 Å². The van der Waals surface area contributed by atoms with Crippen molar-refractivity contribution in [1.82, 2.24) is 14.7 Å². The van der Waals surface area contributed by atoms with Crippen LogP contribution in [0.5, 0.6) is 5.75 Å². The van der Waals surface area contributed by atoms with Gasteiger partial charge in [0.05, 0.1) is 18.9 Å². The number of piperidine rings is 1. The lowest BCUT2D eigenvalue weighted by molar-refractivity contribution is 0.0623. The van der Waals surface area contributed by atoms with Crippen LogP contribution < -0.4 is 10.3 Å². The molecule has 132 valence electrons. The van der Waals surface area contributed by atoms with Gasteiger partial charge in [-0.2, -0.15) is 9.78 Å². The molecular formula is C19H23N3O3. The second kappa shape index (κ2) is 7.09. The molecule has 2 heterocycles. The second-order valence-electron chi connectivity index (χ2n) is 6.49. The molecule has 25 heavy (non-hydrogen) atoms. The number of carbonyl (C=O) groups excluding carboxylic acids is 1. The maximum Gasteiger partial charge on any atom is 0.278 e. The first-order valence-corrected chi connectivity index (χ1v) is 8.57. The number of amides is 1.